The molecule has 0 aliphatic heterocycles. The van der Waals surface area contributed by atoms with Crippen LogP contribution in [0.3, 0.4) is 0 Å². The van der Waals surface area contributed by atoms with Crippen molar-refractivity contribution in [3.63, 3.8) is 0 Å². The second-order valence-corrected chi connectivity index (χ2v) is 8.37. The molecule has 0 radical (unpaired) electrons. The molecule has 9 heteroatoms. The van der Waals surface area contributed by atoms with Crippen molar-refractivity contribution in [1.29, 1.82) is 0 Å². The maximum absolute atomic E-state index is 14.1. The molecule has 2 aromatic heterocycles. The molecule has 0 saturated heterocycles. The number of aryl methyl sites for hydroxylation is 1. The summed E-state index contributed by atoms with van der Waals surface area (Å²) in [5.41, 5.74) is 3.22. The topological polar surface area (TPSA) is 102 Å². The number of alkyl halides is 3. The number of aliphatic hydroxyl groups is 1. The monoisotopic (exact) mass is 447 g/mol. The van der Waals surface area contributed by atoms with Gasteiger partial charge in [-0.2, -0.15) is 13.2 Å². The zero-order valence-corrected chi connectivity index (χ0v) is 17.9. The second-order valence-electron chi connectivity index (χ2n) is 8.37. The average Bonchev–Trinajstić information content (AvgIpc) is 3.25. The molecule has 0 bridgehead atoms. The standard InChI is InChI=1S/C23H24F3N3O3/c1-14-4-6-15(7-5-14)17-10-16(21(2,3)27)11-20(29-17)22(31,23(24,25)26)9-8-19(30)18-12-32-13-28-18/h4-7,10-13,31H,8-9,27H2,1-3H3. The molecule has 32 heavy (non-hydrogen) atoms. The molecule has 6 nitrogen and oxygen atoms in total. The van der Waals surface area contributed by atoms with Gasteiger partial charge in [-0.15, -0.1) is 0 Å². The van der Waals surface area contributed by atoms with Gasteiger partial charge in [0.25, 0.3) is 0 Å². The smallest absolute Gasteiger partial charge is 0.422 e. The quantitative estimate of drug-likeness (QED) is 0.511. The van der Waals surface area contributed by atoms with Crippen molar-refractivity contribution in [2.45, 2.75) is 50.9 Å². The van der Waals surface area contributed by atoms with Crippen molar-refractivity contribution in [2.24, 2.45) is 5.73 Å². The van der Waals surface area contributed by atoms with Crippen molar-refractivity contribution in [3.05, 3.63) is 71.6 Å². The van der Waals surface area contributed by atoms with E-state index in [4.69, 9.17) is 10.2 Å². The van der Waals surface area contributed by atoms with Crippen LogP contribution in [0, 0.1) is 6.92 Å². The molecule has 0 amide bonds. The maximum atomic E-state index is 14.1. The van der Waals surface area contributed by atoms with Gasteiger partial charge in [-0.05, 0) is 44.9 Å². The fourth-order valence-electron chi connectivity index (χ4n) is 3.17. The van der Waals surface area contributed by atoms with Crippen LogP contribution in [0.2, 0.25) is 0 Å². The van der Waals surface area contributed by atoms with Gasteiger partial charge in [0.2, 0.25) is 5.60 Å². The van der Waals surface area contributed by atoms with E-state index >= 15 is 0 Å². The van der Waals surface area contributed by atoms with Gasteiger partial charge >= 0.3 is 6.18 Å². The van der Waals surface area contributed by atoms with E-state index < -0.39 is 41.6 Å². The number of aromatic nitrogens is 2. The van der Waals surface area contributed by atoms with Crippen LogP contribution >= 0.6 is 0 Å². The Bertz CT molecular complexity index is 1090. The number of rotatable bonds is 7. The lowest BCUT2D eigenvalue weighted by Gasteiger charge is -2.31. The van der Waals surface area contributed by atoms with E-state index in [1.165, 1.54) is 0 Å². The molecule has 0 spiro atoms. The first-order valence-corrected chi connectivity index (χ1v) is 9.91. The Balaban J connectivity index is 2.09. The molecule has 0 saturated carbocycles. The van der Waals surface area contributed by atoms with Crippen molar-refractivity contribution >= 4 is 5.78 Å². The lowest BCUT2D eigenvalue weighted by Crippen LogP contribution is -2.44. The highest BCUT2D eigenvalue weighted by molar-refractivity contribution is 5.93. The van der Waals surface area contributed by atoms with Crippen LogP contribution in [0.15, 0.2) is 53.5 Å². The van der Waals surface area contributed by atoms with Crippen LogP contribution in [-0.2, 0) is 11.1 Å². The summed E-state index contributed by atoms with van der Waals surface area (Å²) in [7, 11) is 0. The number of hydrogen-bond acceptors (Lipinski definition) is 6. The number of oxazole rings is 1. The Morgan fingerprint density at radius 2 is 1.81 bits per heavy atom. The van der Waals surface area contributed by atoms with Crippen LogP contribution in [0.1, 0.15) is 54.0 Å². The molecule has 0 aliphatic rings. The molecule has 0 fully saturated rings. The number of nitrogens with zero attached hydrogens (tertiary/aromatic N) is 2. The van der Waals surface area contributed by atoms with Crippen LogP contribution < -0.4 is 5.73 Å². The molecule has 170 valence electrons. The SMILES string of the molecule is Cc1ccc(-c2cc(C(C)(C)N)cc(C(O)(CCC(=O)c3cocn3)C(F)(F)F)n2)cc1. The van der Waals surface area contributed by atoms with Crippen LogP contribution in [0.5, 0.6) is 0 Å². The van der Waals surface area contributed by atoms with Gasteiger partial charge in [0.15, 0.2) is 12.2 Å². The number of halogens is 3. The van der Waals surface area contributed by atoms with E-state index in [1.54, 1.807) is 32.0 Å². The molecule has 0 aliphatic carbocycles. The minimum atomic E-state index is -5.09. The fourth-order valence-corrected chi connectivity index (χ4v) is 3.17. The van der Waals surface area contributed by atoms with Gasteiger partial charge in [-0.25, -0.2) is 9.97 Å². The third-order valence-corrected chi connectivity index (χ3v) is 5.24. The molecular formula is C23H24F3N3O3. The number of carbonyl (C=O) groups excluding carboxylic acids is 1. The second kappa shape index (κ2) is 8.48. The molecule has 1 atom stereocenters. The predicted octanol–water partition coefficient (Wildman–Crippen LogP) is 4.65. The first kappa shape index (κ1) is 23.6. The van der Waals surface area contributed by atoms with Gasteiger partial charge in [0, 0.05) is 17.5 Å². The number of carbonyl (C=O) groups is 1. The number of nitrogens with two attached hydrogens (primary N) is 1. The number of benzene rings is 1. The Morgan fingerprint density at radius 1 is 1.16 bits per heavy atom. The summed E-state index contributed by atoms with van der Waals surface area (Å²) in [6.45, 7) is 5.17. The van der Waals surface area contributed by atoms with Crippen molar-refractivity contribution in [1.82, 2.24) is 9.97 Å². The lowest BCUT2D eigenvalue weighted by atomic mass is 9.86. The third kappa shape index (κ3) is 4.89. The van der Waals surface area contributed by atoms with Gasteiger partial charge in [0.1, 0.15) is 12.0 Å². The summed E-state index contributed by atoms with van der Waals surface area (Å²) in [5.74, 6) is -0.685. The summed E-state index contributed by atoms with van der Waals surface area (Å²) in [6.07, 6.45) is -4.59. The predicted molar refractivity (Wildman–Crippen MR) is 112 cm³/mol. The van der Waals surface area contributed by atoms with E-state index in [2.05, 4.69) is 9.97 Å². The minimum absolute atomic E-state index is 0.111. The number of hydrogen-bond donors (Lipinski definition) is 2. The van der Waals surface area contributed by atoms with Crippen molar-refractivity contribution < 1.29 is 27.5 Å². The van der Waals surface area contributed by atoms with E-state index in [-0.39, 0.29) is 11.4 Å². The molecule has 3 N–H and O–H groups in total. The van der Waals surface area contributed by atoms with Crippen LogP contribution in [0.25, 0.3) is 11.3 Å². The molecule has 3 aromatic rings. The largest absolute Gasteiger partial charge is 0.451 e. The van der Waals surface area contributed by atoms with E-state index in [0.29, 0.717) is 11.1 Å². The van der Waals surface area contributed by atoms with Crippen molar-refractivity contribution in [2.75, 3.05) is 0 Å². The zero-order valence-electron chi connectivity index (χ0n) is 17.9. The van der Waals surface area contributed by atoms with E-state index in [9.17, 15) is 23.1 Å². The first-order valence-electron chi connectivity index (χ1n) is 9.91. The third-order valence-electron chi connectivity index (χ3n) is 5.24. The number of pyridine rings is 1. The van der Waals surface area contributed by atoms with E-state index in [0.717, 1.165) is 24.3 Å². The molecule has 3 rings (SSSR count). The van der Waals surface area contributed by atoms with Gasteiger partial charge in [-0.1, -0.05) is 29.8 Å². The molecular weight excluding hydrogens is 423 g/mol. The summed E-state index contributed by atoms with van der Waals surface area (Å²) in [5, 5.41) is 10.8. The average molecular weight is 447 g/mol. The van der Waals surface area contributed by atoms with Crippen LogP contribution in [0.4, 0.5) is 13.2 Å². The van der Waals surface area contributed by atoms with Gasteiger partial charge < -0.3 is 15.3 Å². The Labute approximate surface area is 183 Å². The summed E-state index contributed by atoms with van der Waals surface area (Å²) in [6, 6.07) is 9.83. The van der Waals surface area contributed by atoms with Crippen molar-refractivity contribution in [3.8, 4) is 11.3 Å². The molecule has 1 unspecified atom stereocenters. The van der Waals surface area contributed by atoms with Gasteiger partial charge in [-0.3, -0.25) is 4.79 Å². The molecule has 2 heterocycles. The van der Waals surface area contributed by atoms with Crippen LogP contribution in [-0.4, -0.2) is 27.0 Å². The Kier molecular flexibility index (Phi) is 6.26. The first-order chi connectivity index (χ1) is 14.8. The summed E-state index contributed by atoms with van der Waals surface area (Å²) < 4.78 is 47.1. The lowest BCUT2D eigenvalue weighted by molar-refractivity contribution is -0.270. The zero-order chi connectivity index (χ0) is 23.7. The Morgan fingerprint density at radius 3 is 2.34 bits per heavy atom. The fraction of sp³-hybridized carbons (Fsp3) is 0.348. The van der Waals surface area contributed by atoms with E-state index in [1.807, 2.05) is 19.1 Å². The maximum Gasteiger partial charge on any atom is 0.422 e. The minimum Gasteiger partial charge on any atom is -0.451 e. The Hall–Kier alpha value is -3.04. The highest BCUT2D eigenvalue weighted by Crippen LogP contribution is 2.43. The number of Topliss-reactive ketones (excluding diaryl/α,β-unsaturated/α-hetero) is 1. The molecule has 1 aromatic carbocycles. The highest BCUT2D eigenvalue weighted by Gasteiger charge is 2.56. The van der Waals surface area contributed by atoms with Gasteiger partial charge in [0.05, 0.1) is 11.4 Å². The highest BCUT2D eigenvalue weighted by atomic mass is 19.4. The number of ketones is 1. The normalized spacial score (nSPS) is 14.2. The summed E-state index contributed by atoms with van der Waals surface area (Å²) in [4.78, 5) is 20.0. The summed E-state index contributed by atoms with van der Waals surface area (Å²) >= 11 is 0.